The van der Waals surface area contributed by atoms with Crippen LogP contribution < -0.4 is 10.4 Å². The van der Waals surface area contributed by atoms with Crippen molar-refractivity contribution in [3.8, 4) is 0 Å². The highest BCUT2D eigenvalue weighted by molar-refractivity contribution is 6.30. The number of rotatable bonds is 3. The van der Waals surface area contributed by atoms with E-state index in [4.69, 9.17) is 23.2 Å². The molecule has 1 amide bonds. The van der Waals surface area contributed by atoms with Gasteiger partial charge in [0.05, 0.1) is 5.02 Å². The molecule has 9 heteroatoms. The third-order valence-electron chi connectivity index (χ3n) is 2.83. The molecule has 0 bridgehead atoms. The summed E-state index contributed by atoms with van der Waals surface area (Å²) in [4.78, 5) is 15.7. The van der Waals surface area contributed by atoms with Crippen molar-refractivity contribution in [3.05, 3.63) is 57.7 Å². The number of carbonyl (C=O) groups is 1. The van der Waals surface area contributed by atoms with Crippen molar-refractivity contribution in [3.63, 3.8) is 0 Å². The van der Waals surface area contributed by atoms with Gasteiger partial charge in [-0.1, -0.05) is 23.2 Å². The highest BCUT2D eigenvalue weighted by Gasteiger charge is 2.36. The highest BCUT2D eigenvalue weighted by atomic mass is 35.5. The van der Waals surface area contributed by atoms with Crippen LogP contribution in [0.25, 0.3) is 0 Å². The summed E-state index contributed by atoms with van der Waals surface area (Å²) in [7, 11) is 1.25. The van der Waals surface area contributed by atoms with Crippen LogP contribution in [-0.2, 0) is 6.18 Å². The fourth-order valence-corrected chi connectivity index (χ4v) is 2.06. The topological polar surface area (TPSA) is 45.2 Å². The summed E-state index contributed by atoms with van der Waals surface area (Å²) in [5.74, 6) is -1.07. The van der Waals surface area contributed by atoms with Crippen LogP contribution in [0, 0.1) is 0 Å². The molecule has 23 heavy (non-hydrogen) atoms. The predicted octanol–water partition coefficient (Wildman–Crippen LogP) is 4.19. The summed E-state index contributed by atoms with van der Waals surface area (Å²) in [6.07, 6.45) is -3.59. The molecule has 0 aliphatic carbocycles. The van der Waals surface area contributed by atoms with E-state index in [2.05, 4.69) is 10.4 Å². The minimum Gasteiger partial charge on any atom is -0.271 e. The summed E-state index contributed by atoms with van der Waals surface area (Å²) < 4.78 is 39.1. The van der Waals surface area contributed by atoms with Gasteiger partial charge >= 0.3 is 6.18 Å². The average molecular weight is 364 g/mol. The number of alkyl halides is 3. The fourth-order valence-electron chi connectivity index (χ4n) is 1.78. The quantitative estimate of drug-likeness (QED) is 0.831. The van der Waals surface area contributed by atoms with Crippen LogP contribution in [0.4, 0.5) is 19.0 Å². The molecule has 1 aromatic heterocycles. The molecule has 0 aliphatic rings. The number of halogens is 5. The summed E-state index contributed by atoms with van der Waals surface area (Å²) in [6.45, 7) is 0. The lowest BCUT2D eigenvalue weighted by Crippen LogP contribution is -2.41. The number of nitrogens with zero attached hydrogens (tertiary/aromatic N) is 2. The van der Waals surface area contributed by atoms with E-state index in [1.54, 1.807) is 0 Å². The monoisotopic (exact) mass is 363 g/mol. The number of hydrazine groups is 1. The summed E-state index contributed by atoms with van der Waals surface area (Å²) >= 11 is 11.3. The van der Waals surface area contributed by atoms with E-state index in [1.165, 1.54) is 31.3 Å². The lowest BCUT2D eigenvalue weighted by atomic mass is 10.2. The second-order valence-corrected chi connectivity index (χ2v) is 5.40. The zero-order chi connectivity index (χ0) is 17.2. The molecule has 0 spiro atoms. The molecule has 0 atom stereocenters. The van der Waals surface area contributed by atoms with Crippen molar-refractivity contribution >= 4 is 34.9 Å². The SMILES string of the molecule is CN(NC(=O)c1ccc(Cl)cc1)c1ncc(Cl)cc1C(F)(F)F. The highest BCUT2D eigenvalue weighted by Crippen LogP contribution is 2.36. The third-order valence-corrected chi connectivity index (χ3v) is 3.29. The van der Waals surface area contributed by atoms with E-state index < -0.39 is 23.5 Å². The summed E-state index contributed by atoms with van der Waals surface area (Å²) in [5.41, 5.74) is 1.50. The molecule has 0 aliphatic heterocycles. The molecular weight excluding hydrogens is 354 g/mol. The van der Waals surface area contributed by atoms with Gasteiger partial charge in [-0.2, -0.15) is 13.2 Å². The smallest absolute Gasteiger partial charge is 0.271 e. The van der Waals surface area contributed by atoms with Gasteiger partial charge in [0.15, 0.2) is 5.82 Å². The van der Waals surface area contributed by atoms with Crippen molar-refractivity contribution in [1.82, 2.24) is 10.4 Å². The van der Waals surface area contributed by atoms with Crippen LogP contribution in [0.3, 0.4) is 0 Å². The number of hydrogen-bond acceptors (Lipinski definition) is 3. The summed E-state index contributed by atoms with van der Waals surface area (Å²) in [6, 6.07) is 6.64. The molecule has 4 nitrogen and oxygen atoms in total. The second kappa shape index (κ2) is 6.64. The Labute approximate surface area is 139 Å². The van der Waals surface area contributed by atoms with Crippen molar-refractivity contribution in [2.45, 2.75) is 6.18 Å². The van der Waals surface area contributed by atoms with E-state index in [9.17, 15) is 18.0 Å². The number of aromatic nitrogens is 1. The Bertz CT molecular complexity index is 720. The van der Waals surface area contributed by atoms with E-state index >= 15 is 0 Å². The molecule has 122 valence electrons. The van der Waals surface area contributed by atoms with Crippen LogP contribution in [0.2, 0.25) is 10.0 Å². The maximum Gasteiger partial charge on any atom is 0.420 e. The molecule has 0 fully saturated rings. The van der Waals surface area contributed by atoms with Crippen LogP contribution in [-0.4, -0.2) is 17.9 Å². The molecule has 2 aromatic rings. The zero-order valence-electron chi connectivity index (χ0n) is 11.7. The Balaban J connectivity index is 2.25. The Hall–Kier alpha value is -1.99. The number of amides is 1. The largest absolute Gasteiger partial charge is 0.420 e. The normalized spacial score (nSPS) is 11.2. The second-order valence-electron chi connectivity index (χ2n) is 4.53. The lowest BCUT2D eigenvalue weighted by molar-refractivity contribution is -0.137. The van der Waals surface area contributed by atoms with Gasteiger partial charge in [0.2, 0.25) is 0 Å². The standard InChI is InChI=1S/C14H10Cl2F3N3O/c1-22(21-13(23)8-2-4-9(15)5-3-8)12-11(14(17,18)19)6-10(16)7-20-12/h2-7H,1H3,(H,21,23). The van der Waals surface area contributed by atoms with Gasteiger partial charge in [0.1, 0.15) is 5.56 Å². The summed E-state index contributed by atoms with van der Waals surface area (Å²) in [5, 5.41) is 1.17. The Morgan fingerprint density at radius 2 is 1.78 bits per heavy atom. The Morgan fingerprint density at radius 3 is 2.35 bits per heavy atom. The molecule has 1 N–H and O–H groups in total. The molecule has 2 rings (SSSR count). The van der Waals surface area contributed by atoms with Gasteiger partial charge in [-0.05, 0) is 30.3 Å². The minimum absolute atomic E-state index is 0.154. The maximum absolute atomic E-state index is 13.0. The molecule has 0 radical (unpaired) electrons. The van der Waals surface area contributed by atoms with E-state index in [1.807, 2.05) is 0 Å². The van der Waals surface area contributed by atoms with Gasteiger partial charge in [-0.25, -0.2) is 4.98 Å². The number of nitrogens with one attached hydrogen (secondary N) is 1. The van der Waals surface area contributed by atoms with E-state index in [0.717, 1.165) is 17.3 Å². The predicted molar refractivity (Wildman–Crippen MR) is 81.6 cm³/mol. The maximum atomic E-state index is 13.0. The first kappa shape index (κ1) is 17.4. The molecule has 0 saturated heterocycles. The molecule has 0 unspecified atom stereocenters. The first-order chi connectivity index (χ1) is 10.7. The van der Waals surface area contributed by atoms with Gasteiger partial charge in [-0.15, -0.1) is 0 Å². The first-order valence-corrected chi connectivity index (χ1v) is 6.97. The molecular formula is C14H10Cl2F3N3O. The van der Waals surface area contributed by atoms with Crippen molar-refractivity contribution in [2.75, 3.05) is 12.1 Å². The van der Waals surface area contributed by atoms with Crippen LogP contribution in [0.15, 0.2) is 36.5 Å². The molecule has 0 saturated carbocycles. The van der Waals surface area contributed by atoms with Gasteiger partial charge in [0, 0.05) is 23.8 Å². The molecule has 1 heterocycles. The van der Waals surface area contributed by atoms with Crippen LogP contribution >= 0.6 is 23.2 Å². The van der Waals surface area contributed by atoms with Crippen molar-refractivity contribution in [2.24, 2.45) is 0 Å². The Kier molecular flexibility index (Phi) is 5.01. The molecule has 1 aromatic carbocycles. The average Bonchev–Trinajstić information content (AvgIpc) is 2.46. The number of pyridine rings is 1. The van der Waals surface area contributed by atoms with E-state index in [-0.39, 0.29) is 10.6 Å². The Morgan fingerprint density at radius 1 is 1.17 bits per heavy atom. The van der Waals surface area contributed by atoms with Gasteiger partial charge in [-0.3, -0.25) is 15.2 Å². The zero-order valence-corrected chi connectivity index (χ0v) is 13.2. The van der Waals surface area contributed by atoms with Gasteiger partial charge < -0.3 is 0 Å². The minimum atomic E-state index is -4.66. The number of anilines is 1. The number of carbonyl (C=O) groups excluding carboxylic acids is 1. The lowest BCUT2D eigenvalue weighted by Gasteiger charge is -2.23. The van der Waals surface area contributed by atoms with Crippen LogP contribution in [0.1, 0.15) is 15.9 Å². The van der Waals surface area contributed by atoms with Crippen LogP contribution in [0.5, 0.6) is 0 Å². The number of benzene rings is 1. The third kappa shape index (κ3) is 4.27. The van der Waals surface area contributed by atoms with Gasteiger partial charge in [0.25, 0.3) is 5.91 Å². The van der Waals surface area contributed by atoms with E-state index in [0.29, 0.717) is 5.02 Å². The fraction of sp³-hybridized carbons (Fsp3) is 0.143. The van der Waals surface area contributed by atoms with Crippen molar-refractivity contribution in [1.29, 1.82) is 0 Å². The number of hydrogen-bond donors (Lipinski definition) is 1. The van der Waals surface area contributed by atoms with Crippen molar-refractivity contribution < 1.29 is 18.0 Å². The first-order valence-electron chi connectivity index (χ1n) is 6.21.